The molecule has 1 heterocycles. The van der Waals surface area contributed by atoms with Gasteiger partial charge in [-0.25, -0.2) is 4.98 Å². The second-order valence-corrected chi connectivity index (χ2v) is 5.73. The number of aliphatic hydroxyl groups excluding tert-OH is 1. The lowest BCUT2D eigenvalue weighted by molar-refractivity contribution is 0.289. The molecule has 0 aliphatic rings. The van der Waals surface area contributed by atoms with Crippen molar-refractivity contribution < 1.29 is 9.84 Å². The average Bonchev–Trinajstić information content (AvgIpc) is 2.91. The van der Waals surface area contributed by atoms with E-state index in [-0.39, 0.29) is 6.61 Å². The fourth-order valence-corrected chi connectivity index (χ4v) is 2.74. The van der Waals surface area contributed by atoms with E-state index in [9.17, 15) is 5.11 Å². The summed E-state index contributed by atoms with van der Waals surface area (Å²) in [5.41, 5.74) is 2.07. The number of hydrogen-bond acceptors (Lipinski definition) is 3. The third-order valence-electron chi connectivity index (χ3n) is 3.68. The average molecular weight is 331 g/mol. The Morgan fingerprint density at radius 2 is 1.87 bits per heavy atom. The Balaban J connectivity index is 1.64. The van der Waals surface area contributed by atoms with Gasteiger partial charge in [0.1, 0.15) is 11.6 Å². The SMILES string of the molecule is OCCc1nc2ccccc2n1CCCOc1ccc(Cl)cc1. The standard InChI is InChI=1S/C18H19ClN2O2/c19-14-6-8-15(9-7-14)23-13-3-11-21-17-5-2-1-4-16(17)20-18(21)10-12-22/h1-2,4-9,22H,3,10-13H2. The Kier molecular flexibility index (Phi) is 5.16. The van der Waals surface area contributed by atoms with Gasteiger partial charge >= 0.3 is 0 Å². The molecule has 0 aliphatic carbocycles. The van der Waals surface area contributed by atoms with E-state index in [0.717, 1.165) is 35.6 Å². The Morgan fingerprint density at radius 3 is 2.65 bits per heavy atom. The van der Waals surface area contributed by atoms with Crippen molar-refractivity contribution in [3.63, 3.8) is 0 Å². The highest BCUT2D eigenvalue weighted by molar-refractivity contribution is 6.30. The number of aliphatic hydroxyl groups is 1. The molecule has 0 saturated heterocycles. The van der Waals surface area contributed by atoms with Crippen molar-refractivity contribution in [1.82, 2.24) is 9.55 Å². The van der Waals surface area contributed by atoms with Gasteiger partial charge in [0, 0.05) is 18.0 Å². The molecule has 0 bridgehead atoms. The molecule has 23 heavy (non-hydrogen) atoms. The van der Waals surface area contributed by atoms with Crippen LogP contribution in [0.5, 0.6) is 5.75 Å². The molecule has 4 nitrogen and oxygen atoms in total. The summed E-state index contributed by atoms with van der Waals surface area (Å²) in [5, 5.41) is 9.93. The van der Waals surface area contributed by atoms with Crippen LogP contribution in [0.4, 0.5) is 0 Å². The summed E-state index contributed by atoms with van der Waals surface area (Å²) in [4.78, 5) is 4.60. The summed E-state index contributed by atoms with van der Waals surface area (Å²) in [7, 11) is 0. The molecule has 5 heteroatoms. The Labute approximate surface area is 140 Å². The maximum atomic E-state index is 9.22. The summed E-state index contributed by atoms with van der Waals surface area (Å²) in [6.45, 7) is 1.53. The van der Waals surface area contributed by atoms with Crippen LogP contribution in [0.15, 0.2) is 48.5 Å². The summed E-state index contributed by atoms with van der Waals surface area (Å²) in [6.07, 6.45) is 1.42. The first-order valence-electron chi connectivity index (χ1n) is 7.71. The summed E-state index contributed by atoms with van der Waals surface area (Å²) >= 11 is 5.86. The van der Waals surface area contributed by atoms with Crippen LogP contribution in [-0.2, 0) is 13.0 Å². The number of ether oxygens (including phenoxy) is 1. The number of aryl methyl sites for hydroxylation is 1. The number of nitrogens with zero attached hydrogens (tertiary/aromatic N) is 2. The first kappa shape index (κ1) is 15.8. The quantitative estimate of drug-likeness (QED) is 0.672. The van der Waals surface area contributed by atoms with E-state index in [1.54, 1.807) is 0 Å². The van der Waals surface area contributed by atoms with Crippen LogP contribution in [0, 0.1) is 0 Å². The number of fused-ring (bicyclic) bond motifs is 1. The molecule has 0 amide bonds. The zero-order valence-corrected chi connectivity index (χ0v) is 13.5. The molecule has 0 spiro atoms. The predicted molar refractivity (Wildman–Crippen MR) is 92.1 cm³/mol. The number of aromatic nitrogens is 2. The molecule has 120 valence electrons. The first-order valence-corrected chi connectivity index (χ1v) is 8.09. The van der Waals surface area contributed by atoms with E-state index in [2.05, 4.69) is 15.6 Å². The van der Waals surface area contributed by atoms with Crippen molar-refractivity contribution in [2.24, 2.45) is 0 Å². The molecule has 1 N–H and O–H groups in total. The van der Waals surface area contributed by atoms with E-state index in [1.165, 1.54) is 0 Å². The molecule has 0 fully saturated rings. The molecule has 1 aromatic heterocycles. The van der Waals surface area contributed by atoms with Crippen LogP contribution in [0.3, 0.4) is 0 Å². The summed E-state index contributed by atoms with van der Waals surface area (Å²) in [6, 6.07) is 15.4. The predicted octanol–water partition coefficient (Wildman–Crippen LogP) is 3.69. The minimum absolute atomic E-state index is 0.102. The van der Waals surface area contributed by atoms with Crippen molar-refractivity contribution >= 4 is 22.6 Å². The normalized spacial score (nSPS) is 11.0. The van der Waals surface area contributed by atoms with Gasteiger partial charge in [0.2, 0.25) is 0 Å². The minimum atomic E-state index is 0.102. The lowest BCUT2D eigenvalue weighted by Gasteiger charge is -2.10. The van der Waals surface area contributed by atoms with E-state index in [1.807, 2.05) is 42.5 Å². The van der Waals surface area contributed by atoms with Crippen molar-refractivity contribution in [3.8, 4) is 5.75 Å². The van der Waals surface area contributed by atoms with E-state index in [4.69, 9.17) is 16.3 Å². The molecule has 0 aliphatic heterocycles. The second-order valence-electron chi connectivity index (χ2n) is 5.30. The molecule has 0 radical (unpaired) electrons. The van der Waals surface area contributed by atoms with E-state index < -0.39 is 0 Å². The Hall–Kier alpha value is -2.04. The van der Waals surface area contributed by atoms with E-state index >= 15 is 0 Å². The van der Waals surface area contributed by atoms with Gasteiger partial charge in [-0.15, -0.1) is 0 Å². The van der Waals surface area contributed by atoms with Crippen LogP contribution in [0.2, 0.25) is 5.02 Å². The monoisotopic (exact) mass is 330 g/mol. The van der Waals surface area contributed by atoms with Crippen LogP contribution in [-0.4, -0.2) is 27.9 Å². The van der Waals surface area contributed by atoms with Gasteiger partial charge in [-0.1, -0.05) is 23.7 Å². The van der Waals surface area contributed by atoms with Crippen molar-refractivity contribution in [2.45, 2.75) is 19.4 Å². The number of hydrogen-bond donors (Lipinski definition) is 1. The van der Waals surface area contributed by atoms with Crippen LogP contribution in [0.25, 0.3) is 11.0 Å². The highest BCUT2D eigenvalue weighted by atomic mass is 35.5. The van der Waals surface area contributed by atoms with Crippen molar-refractivity contribution in [1.29, 1.82) is 0 Å². The van der Waals surface area contributed by atoms with E-state index in [0.29, 0.717) is 18.1 Å². The maximum Gasteiger partial charge on any atom is 0.119 e. The molecule has 0 saturated carbocycles. The highest BCUT2D eigenvalue weighted by Gasteiger charge is 2.09. The number of benzene rings is 2. The van der Waals surface area contributed by atoms with Crippen LogP contribution < -0.4 is 4.74 Å². The van der Waals surface area contributed by atoms with Gasteiger partial charge in [-0.2, -0.15) is 0 Å². The molecular weight excluding hydrogens is 312 g/mol. The number of imidazole rings is 1. The number of halogens is 1. The number of para-hydroxylation sites is 2. The highest BCUT2D eigenvalue weighted by Crippen LogP contribution is 2.18. The van der Waals surface area contributed by atoms with Gasteiger partial charge in [0.15, 0.2) is 0 Å². The molecule has 3 aromatic rings. The maximum absolute atomic E-state index is 9.22. The van der Waals surface area contributed by atoms with Gasteiger partial charge in [-0.3, -0.25) is 0 Å². The third kappa shape index (κ3) is 3.84. The Morgan fingerprint density at radius 1 is 1.09 bits per heavy atom. The topological polar surface area (TPSA) is 47.3 Å². The minimum Gasteiger partial charge on any atom is -0.494 e. The molecular formula is C18H19ClN2O2. The largest absolute Gasteiger partial charge is 0.494 e. The molecule has 0 unspecified atom stereocenters. The van der Waals surface area contributed by atoms with Gasteiger partial charge in [0.05, 0.1) is 24.2 Å². The van der Waals surface area contributed by atoms with Gasteiger partial charge < -0.3 is 14.4 Å². The summed E-state index contributed by atoms with van der Waals surface area (Å²) in [5.74, 6) is 1.74. The van der Waals surface area contributed by atoms with Crippen LogP contribution >= 0.6 is 11.6 Å². The van der Waals surface area contributed by atoms with Crippen molar-refractivity contribution in [3.05, 3.63) is 59.4 Å². The lowest BCUT2D eigenvalue weighted by Crippen LogP contribution is -2.09. The fourth-order valence-electron chi connectivity index (χ4n) is 2.61. The lowest BCUT2D eigenvalue weighted by atomic mass is 10.3. The van der Waals surface area contributed by atoms with Crippen LogP contribution in [0.1, 0.15) is 12.2 Å². The zero-order chi connectivity index (χ0) is 16.1. The first-order chi connectivity index (χ1) is 11.3. The van der Waals surface area contributed by atoms with Gasteiger partial charge in [0.25, 0.3) is 0 Å². The summed E-state index contributed by atoms with van der Waals surface area (Å²) < 4.78 is 7.89. The second kappa shape index (κ2) is 7.49. The molecule has 2 aromatic carbocycles. The molecule has 0 atom stereocenters. The number of rotatable bonds is 7. The van der Waals surface area contributed by atoms with Crippen molar-refractivity contribution in [2.75, 3.05) is 13.2 Å². The smallest absolute Gasteiger partial charge is 0.119 e. The zero-order valence-electron chi connectivity index (χ0n) is 12.8. The molecule has 3 rings (SSSR count). The van der Waals surface area contributed by atoms with Gasteiger partial charge in [-0.05, 0) is 42.8 Å². The fraction of sp³-hybridized carbons (Fsp3) is 0.278. The Bertz CT molecular complexity index is 768. The third-order valence-corrected chi connectivity index (χ3v) is 3.93.